The van der Waals surface area contributed by atoms with Gasteiger partial charge in [-0.05, 0) is 25.0 Å². The average molecular weight is 470 g/mol. The van der Waals surface area contributed by atoms with Crippen LogP contribution in [0.15, 0.2) is 27.8 Å². The Labute approximate surface area is 191 Å². The van der Waals surface area contributed by atoms with Crippen molar-refractivity contribution in [3.8, 4) is 0 Å². The molecule has 1 amide bonds. The highest BCUT2D eigenvalue weighted by Gasteiger charge is 2.21. The molecule has 8 nitrogen and oxygen atoms in total. The number of nitrogens with two attached hydrogens (primary N) is 1. The lowest BCUT2D eigenvalue weighted by atomic mass is 10.2. The Morgan fingerprint density at radius 1 is 1.13 bits per heavy atom. The molecule has 10 heteroatoms. The third-order valence-corrected chi connectivity index (χ3v) is 5.49. The smallest absolute Gasteiger partial charge is 0.330 e. The highest BCUT2D eigenvalue weighted by atomic mass is 35.5. The van der Waals surface area contributed by atoms with Gasteiger partial charge in [-0.3, -0.25) is 19.1 Å². The maximum absolute atomic E-state index is 12.8. The van der Waals surface area contributed by atoms with Crippen molar-refractivity contribution in [3.05, 3.63) is 49.1 Å². The van der Waals surface area contributed by atoms with Gasteiger partial charge in [-0.15, -0.1) is 0 Å². The Kier molecular flexibility index (Phi) is 9.45. The van der Waals surface area contributed by atoms with Gasteiger partial charge in [-0.25, -0.2) is 4.79 Å². The number of hydrogen-bond donors (Lipinski definition) is 3. The molecule has 0 fully saturated rings. The summed E-state index contributed by atoms with van der Waals surface area (Å²) >= 11 is 12.3. The number of aromatic amines is 1. The number of aromatic nitrogens is 2. The van der Waals surface area contributed by atoms with Crippen LogP contribution in [0.2, 0.25) is 10.0 Å². The number of para-hydroxylation sites is 1. The van der Waals surface area contributed by atoms with E-state index < -0.39 is 17.2 Å². The van der Waals surface area contributed by atoms with Gasteiger partial charge in [0, 0.05) is 13.1 Å². The number of H-pyrrole nitrogens is 1. The van der Waals surface area contributed by atoms with Crippen LogP contribution in [0.5, 0.6) is 0 Å². The number of anilines is 3. The Bertz CT molecular complexity index is 999. The molecule has 0 bridgehead atoms. The molecule has 0 saturated carbocycles. The van der Waals surface area contributed by atoms with Crippen LogP contribution in [0.1, 0.15) is 46.0 Å². The number of hydrogen-bond acceptors (Lipinski definition) is 5. The molecule has 0 unspecified atom stereocenters. The zero-order chi connectivity index (χ0) is 23.0. The van der Waals surface area contributed by atoms with Crippen LogP contribution in [0.25, 0.3) is 0 Å². The summed E-state index contributed by atoms with van der Waals surface area (Å²) < 4.78 is 1.34. The molecule has 2 rings (SSSR count). The summed E-state index contributed by atoms with van der Waals surface area (Å²) in [5.41, 5.74) is 5.49. The van der Waals surface area contributed by atoms with Crippen LogP contribution in [0.3, 0.4) is 0 Å². The molecule has 170 valence electrons. The van der Waals surface area contributed by atoms with E-state index in [0.29, 0.717) is 28.8 Å². The van der Waals surface area contributed by atoms with E-state index in [1.165, 1.54) is 4.57 Å². The van der Waals surface area contributed by atoms with Gasteiger partial charge in [0.15, 0.2) is 0 Å². The van der Waals surface area contributed by atoms with Gasteiger partial charge in [-0.1, -0.05) is 62.4 Å². The Hall–Kier alpha value is -2.45. The van der Waals surface area contributed by atoms with Crippen molar-refractivity contribution >= 4 is 46.3 Å². The quantitative estimate of drug-likeness (QED) is 0.432. The fourth-order valence-electron chi connectivity index (χ4n) is 3.21. The van der Waals surface area contributed by atoms with E-state index in [1.807, 2.05) is 6.92 Å². The van der Waals surface area contributed by atoms with E-state index in [-0.39, 0.29) is 18.1 Å². The fourth-order valence-corrected chi connectivity index (χ4v) is 3.71. The highest BCUT2D eigenvalue weighted by molar-refractivity contribution is 6.39. The molecule has 0 aliphatic rings. The zero-order valence-electron chi connectivity index (χ0n) is 17.8. The molecule has 0 aliphatic carbocycles. The first-order valence-corrected chi connectivity index (χ1v) is 11.2. The molecule has 0 atom stereocenters. The van der Waals surface area contributed by atoms with E-state index in [2.05, 4.69) is 17.2 Å². The van der Waals surface area contributed by atoms with E-state index in [0.717, 1.165) is 32.1 Å². The predicted molar refractivity (Wildman–Crippen MR) is 127 cm³/mol. The van der Waals surface area contributed by atoms with Crippen molar-refractivity contribution in [2.75, 3.05) is 29.0 Å². The second-order valence-electron chi connectivity index (χ2n) is 7.27. The van der Waals surface area contributed by atoms with Gasteiger partial charge in [0.05, 0.1) is 22.3 Å². The summed E-state index contributed by atoms with van der Waals surface area (Å²) in [5.74, 6) is -0.348. The minimum absolute atomic E-state index is 0.0577. The van der Waals surface area contributed by atoms with Crippen LogP contribution in [0, 0.1) is 0 Å². The maximum Gasteiger partial charge on any atom is 0.330 e. The second kappa shape index (κ2) is 11.8. The lowest BCUT2D eigenvalue weighted by Gasteiger charge is -2.26. The summed E-state index contributed by atoms with van der Waals surface area (Å²) in [4.78, 5) is 41.6. The molecule has 0 spiro atoms. The number of carbonyl (C=O) groups excluding carboxylic acids is 1. The SMILES string of the molecule is CCCCCN(CC(=O)Nc1c(Cl)cccc1Cl)c1c(N)n(CCCC)c(=O)[nH]c1=O. The zero-order valence-corrected chi connectivity index (χ0v) is 19.4. The number of amides is 1. The molecule has 31 heavy (non-hydrogen) atoms. The van der Waals surface area contributed by atoms with E-state index in [1.54, 1.807) is 23.1 Å². The Morgan fingerprint density at radius 3 is 2.39 bits per heavy atom. The Balaban J connectivity index is 2.37. The molecule has 2 aromatic rings. The normalized spacial score (nSPS) is 10.8. The van der Waals surface area contributed by atoms with Gasteiger partial charge in [0.2, 0.25) is 5.91 Å². The van der Waals surface area contributed by atoms with E-state index in [4.69, 9.17) is 28.9 Å². The van der Waals surface area contributed by atoms with Crippen molar-refractivity contribution in [2.24, 2.45) is 0 Å². The summed E-state index contributed by atoms with van der Waals surface area (Å²) in [7, 11) is 0. The van der Waals surface area contributed by atoms with Crippen molar-refractivity contribution in [2.45, 2.75) is 52.5 Å². The van der Waals surface area contributed by atoms with Gasteiger partial charge >= 0.3 is 5.69 Å². The molecular formula is C21H29Cl2N5O3. The van der Waals surface area contributed by atoms with Crippen molar-refractivity contribution < 1.29 is 4.79 Å². The minimum atomic E-state index is -0.615. The first kappa shape index (κ1) is 24.8. The number of carbonyl (C=O) groups is 1. The minimum Gasteiger partial charge on any atom is -0.383 e. The van der Waals surface area contributed by atoms with Crippen LogP contribution < -0.4 is 27.2 Å². The summed E-state index contributed by atoms with van der Waals surface area (Å²) in [6.07, 6.45) is 4.24. The summed E-state index contributed by atoms with van der Waals surface area (Å²) in [6.45, 7) is 4.72. The third kappa shape index (κ3) is 6.51. The van der Waals surface area contributed by atoms with Crippen LogP contribution in [-0.2, 0) is 11.3 Å². The number of rotatable bonds is 11. The van der Waals surface area contributed by atoms with Gasteiger partial charge in [-0.2, -0.15) is 0 Å². The maximum atomic E-state index is 12.8. The number of nitrogens with zero attached hydrogens (tertiary/aromatic N) is 2. The molecule has 1 aromatic carbocycles. The highest BCUT2D eigenvalue weighted by Crippen LogP contribution is 2.30. The van der Waals surface area contributed by atoms with Gasteiger partial charge < -0.3 is 16.0 Å². The first-order chi connectivity index (χ1) is 14.8. The van der Waals surface area contributed by atoms with Crippen molar-refractivity contribution in [1.29, 1.82) is 0 Å². The monoisotopic (exact) mass is 469 g/mol. The lowest BCUT2D eigenvalue weighted by molar-refractivity contribution is -0.115. The molecular weight excluding hydrogens is 441 g/mol. The molecule has 0 radical (unpaired) electrons. The van der Waals surface area contributed by atoms with Crippen molar-refractivity contribution in [3.63, 3.8) is 0 Å². The van der Waals surface area contributed by atoms with Crippen LogP contribution in [-0.4, -0.2) is 28.5 Å². The van der Waals surface area contributed by atoms with Crippen molar-refractivity contribution in [1.82, 2.24) is 9.55 Å². The third-order valence-electron chi connectivity index (χ3n) is 4.86. The summed E-state index contributed by atoms with van der Waals surface area (Å²) in [6, 6.07) is 4.92. The first-order valence-electron chi connectivity index (χ1n) is 10.4. The molecule has 1 aromatic heterocycles. The number of halogens is 2. The Morgan fingerprint density at radius 2 is 1.77 bits per heavy atom. The molecule has 0 saturated heterocycles. The average Bonchev–Trinajstić information content (AvgIpc) is 2.70. The second-order valence-corrected chi connectivity index (χ2v) is 8.09. The van der Waals surface area contributed by atoms with Crippen LogP contribution >= 0.6 is 23.2 Å². The van der Waals surface area contributed by atoms with E-state index >= 15 is 0 Å². The van der Waals surface area contributed by atoms with Crippen LogP contribution in [0.4, 0.5) is 17.2 Å². The predicted octanol–water partition coefficient (Wildman–Crippen LogP) is 3.86. The van der Waals surface area contributed by atoms with E-state index in [9.17, 15) is 14.4 Å². The molecule has 1 heterocycles. The number of nitrogens with one attached hydrogen (secondary N) is 2. The lowest BCUT2D eigenvalue weighted by Crippen LogP contribution is -2.42. The topological polar surface area (TPSA) is 113 Å². The molecule has 4 N–H and O–H groups in total. The fraction of sp³-hybridized carbons (Fsp3) is 0.476. The van der Waals surface area contributed by atoms with Gasteiger partial charge in [0.1, 0.15) is 11.5 Å². The largest absolute Gasteiger partial charge is 0.383 e. The molecule has 0 aliphatic heterocycles. The number of benzene rings is 1. The number of nitrogen functional groups attached to an aromatic ring is 1. The summed E-state index contributed by atoms with van der Waals surface area (Å²) in [5, 5.41) is 3.32. The van der Waals surface area contributed by atoms with Gasteiger partial charge in [0.25, 0.3) is 5.56 Å². The standard InChI is InChI=1S/C21H29Cl2N5O3/c1-3-5-7-11-27(13-16(29)25-17-14(22)9-8-10-15(17)23)18-19(24)28(12-6-4-2)21(31)26-20(18)30/h8-10H,3-7,11-13,24H2,1-2H3,(H,25,29)(H,26,30,31). The number of unbranched alkanes of at least 4 members (excludes halogenated alkanes) is 3.